The Bertz CT molecular complexity index is 1340. The van der Waals surface area contributed by atoms with E-state index in [2.05, 4.69) is 20.4 Å². The minimum Gasteiger partial charge on any atom is -0.382 e. The van der Waals surface area contributed by atoms with E-state index in [1.807, 2.05) is 25.3 Å². The molecule has 0 bridgehead atoms. The van der Waals surface area contributed by atoms with Gasteiger partial charge in [0.25, 0.3) is 5.91 Å². The van der Waals surface area contributed by atoms with Gasteiger partial charge in [-0.3, -0.25) is 9.48 Å². The highest BCUT2D eigenvalue weighted by molar-refractivity contribution is 7.07. The van der Waals surface area contributed by atoms with Crippen molar-refractivity contribution in [2.45, 2.75) is 31.9 Å². The van der Waals surface area contributed by atoms with E-state index in [9.17, 15) is 14.3 Å². The summed E-state index contributed by atoms with van der Waals surface area (Å²) in [7, 11) is 1.67. The fraction of sp³-hybridized carbons (Fsp3) is 0.280. The number of aliphatic hydroxyl groups is 1. The first-order valence-electron chi connectivity index (χ1n) is 10.9. The zero-order valence-electron chi connectivity index (χ0n) is 19.9. The van der Waals surface area contributed by atoms with Crippen LogP contribution in [0.4, 0.5) is 4.39 Å². The molecule has 1 unspecified atom stereocenters. The molecule has 4 N–H and O–H groups in total. The fourth-order valence-electron chi connectivity index (χ4n) is 3.52. The third kappa shape index (κ3) is 5.45. The summed E-state index contributed by atoms with van der Waals surface area (Å²) in [6, 6.07) is 11.1. The van der Waals surface area contributed by atoms with Crippen LogP contribution >= 0.6 is 11.3 Å². The summed E-state index contributed by atoms with van der Waals surface area (Å²) < 4.78 is 14.9. The molecule has 0 radical (unpaired) electrons. The van der Waals surface area contributed by atoms with Crippen molar-refractivity contribution < 1.29 is 14.3 Å². The molecule has 182 valence electrons. The predicted molar refractivity (Wildman–Crippen MR) is 133 cm³/mol. The number of hydrogen-bond donors (Lipinski definition) is 3. The van der Waals surface area contributed by atoms with Crippen LogP contribution < -0.4 is 11.1 Å². The van der Waals surface area contributed by atoms with E-state index in [4.69, 9.17) is 5.73 Å². The number of carbonyl (C=O) groups is 1. The summed E-state index contributed by atoms with van der Waals surface area (Å²) in [6.45, 7) is 5.16. The number of aromatic nitrogens is 4. The topological polar surface area (TPSA) is 119 Å². The molecule has 1 atom stereocenters. The Morgan fingerprint density at radius 2 is 1.86 bits per heavy atom. The Morgan fingerprint density at radius 1 is 1.14 bits per heavy atom. The van der Waals surface area contributed by atoms with Crippen LogP contribution in [-0.4, -0.2) is 37.3 Å². The number of nitrogens with two attached hydrogens (primary N) is 1. The average molecular weight is 495 g/mol. The van der Waals surface area contributed by atoms with Gasteiger partial charge in [0.1, 0.15) is 28.5 Å². The molecule has 0 spiro atoms. The summed E-state index contributed by atoms with van der Waals surface area (Å²) >= 11 is 1.44. The molecule has 1 aromatic carbocycles. The van der Waals surface area contributed by atoms with Gasteiger partial charge < -0.3 is 16.2 Å². The number of pyridine rings is 1. The number of rotatable bonds is 7. The highest BCUT2D eigenvalue weighted by atomic mass is 32.1. The fourth-order valence-corrected chi connectivity index (χ4v) is 4.07. The van der Waals surface area contributed by atoms with Gasteiger partial charge in [0, 0.05) is 23.5 Å². The number of nitrogens with zero attached hydrogens (tertiary/aromatic N) is 4. The highest BCUT2D eigenvalue weighted by Gasteiger charge is 2.29. The minimum atomic E-state index is -1.51. The van der Waals surface area contributed by atoms with Crippen LogP contribution in [0.25, 0.3) is 22.6 Å². The van der Waals surface area contributed by atoms with Crippen molar-refractivity contribution in [2.75, 3.05) is 6.54 Å². The Labute approximate surface area is 206 Å². The number of amides is 1. The lowest BCUT2D eigenvalue weighted by Crippen LogP contribution is -2.40. The van der Waals surface area contributed by atoms with E-state index in [0.717, 1.165) is 5.56 Å². The molecule has 3 aromatic heterocycles. The van der Waals surface area contributed by atoms with E-state index >= 15 is 0 Å². The molecule has 35 heavy (non-hydrogen) atoms. The third-order valence-electron chi connectivity index (χ3n) is 5.66. The Hall–Kier alpha value is -3.47. The normalized spacial score (nSPS) is 13.5. The molecule has 10 heteroatoms. The second-order valence-corrected chi connectivity index (χ2v) is 9.94. The number of aryl methyl sites for hydroxylation is 1. The number of halogens is 1. The third-order valence-corrected chi connectivity index (χ3v) is 6.25. The summed E-state index contributed by atoms with van der Waals surface area (Å²) in [5, 5.41) is 20.3. The molecule has 4 aromatic rings. The van der Waals surface area contributed by atoms with Gasteiger partial charge in [0.15, 0.2) is 0 Å². The summed E-state index contributed by atoms with van der Waals surface area (Å²) in [5.41, 5.74) is 9.74. The minimum absolute atomic E-state index is 0.104. The molecular weight excluding hydrogens is 467 g/mol. The molecule has 1 amide bonds. The van der Waals surface area contributed by atoms with E-state index < -0.39 is 17.0 Å². The molecule has 0 aliphatic heterocycles. The van der Waals surface area contributed by atoms with Crippen LogP contribution in [0.3, 0.4) is 0 Å². The van der Waals surface area contributed by atoms with Gasteiger partial charge in [-0.1, -0.05) is 0 Å². The number of thiazole rings is 1. The van der Waals surface area contributed by atoms with Crippen molar-refractivity contribution in [1.82, 2.24) is 25.1 Å². The Balaban J connectivity index is 1.60. The Kier molecular flexibility index (Phi) is 6.54. The first kappa shape index (κ1) is 24.6. The molecule has 4 rings (SSSR count). The second kappa shape index (κ2) is 9.29. The van der Waals surface area contributed by atoms with Crippen molar-refractivity contribution in [3.63, 3.8) is 0 Å². The smallest absolute Gasteiger partial charge is 0.269 e. The summed E-state index contributed by atoms with van der Waals surface area (Å²) in [4.78, 5) is 21.7. The first-order chi connectivity index (χ1) is 16.4. The van der Waals surface area contributed by atoms with Crippen LogP contribution in [0.15, 0.2) is 53.4 Å². The van der Waals surface area contributed by atoms with Gasteiger partial charge in [-0.05, 0) is 68.8 Å². The van der Waals surface area contributed by atoms with Crippen molar-refractivity contribution in [1.29, 1.82) is 0 Å². The van der Waals surface area contributed by atoms with Crippen molar-refractivity contribution in [3.8, 4) is 22.6 Å². The molecular formula is C25H27FN6O2S. The molecule has 8 nitrogen and oxygen atoms in total. The SMILES string of the molecule is Cn1nc(-c2cscn2)cc1C(=O)NCC(C)(O)c1cc(C(C)(C)N)cc(-c2ccc(F)cc2)n1. The van der Waals surface area contributed by atoms with E-state index in [1.54, 1.807) is 43.7 Å². The number of hydrogen-bond acceptors (Lipinski definition) is 7. The molecule has 0 aliphatic carbocycles. The van der Waals surface area contributed by atoms with E-state index in [1.165, 1.54) is 28.2 Å². The van der Waals surface area contributed by atoms with Crippen LogP contribution in [0.2, 0.25) is 0 Å². The zero-order chi connectivity index (χ0) is 25.4. The molecule has 0 aliphatic rings. The maximum atomic E-state index is 13.4. The quantitative estimate of drug-likeness (QED) is 0.361. The van der Waals surface area contributed by atoms with Crippen molar-refractivity contribution >= 4 is 17.2 Å². The van der Waals surface area contributed by atoms with Gasteiger partial charge in [-0.2, -0.15) is 5.10 Å². The van der Waals surface area contributed by atoms with Crippen molar-refractivity contribution in [3.05, 3.63) is 76.1 Å². The van der Waals surface area contributed by atoms with Crippen LogP contribution in [0.1, 0.15) is 42.5 Å². The lowest BCUT2D eigenvalue weighted by Gasteiger charge is -2.27. The zero-order valence-corrected chi connectivity index (χ0v) is 20.7. The van der Waals surface area contributed by atoms with Gasteiger partial charge >= 0.3 is 0 Å². The van der Waals surface area contributed by atoms with Crippen LogP contribution in [0.5, 0.6) is 0 Å². The summed E-state index contributed by atoms with van der Waals surface area (Å²) in [6.07, 6.45) is 0. The number of benzene rings is 1. The maximum absolute atomic E-state index is 13.4. The van der Waals surface area contributed by atoms with Crippen molar-refractivity contribution in [2.24, 2.45) is 12.8 Å². The van der Waals surface area contributed by atoms with Crippen LogP contribution in [-0.2, 0) is 18.2 Å². The summed E-state index contributed by atoms with van der Waals surface area (Å²) in [5.74, 6) is -0.747. The molecule has 0 saturated carbocycles. The largest absolute Gasteiger partial charge is 0.382 e. The first-order valence-corrected chi connectivity index (χ1v) is 11.9. The average Bonchev–Trinajstić information content (AvgIpc) is 3.47. The lowest BCUT2D eigenvalue weighted by atomic mass is 9.90. The lowest BCUT2D eigenvalue weighted by molar-refractivity contribution is 0.0486. The maximum Gasteiger partial charge on any atom is 0.269 e. The second-order valence-electron chi connectivity index (χ2n) is 9.22. The standard InChI is InChI=1S/C25H27FN6O2S/c1-24(2,27)16-9-18(15-5-7-17(26)8-6-15)30-22(10-16)25(3,34)13-28-23(33)21-11-19(31-32(21)4)20-12-35-14-29-20/h5-12,14,34H,13,27H2,1-4H3,(H,28,33). The van der Waals surface area contributed by atoms with Gasteiger partial charge in [0.05, 0.1) is 23.4 Å². The van der Waals surface area contributed by atoms with Gasteiger partial charge in [-0.25, -0.2) is 14.4 Å². The predicted octanol–water partition coefficient (Wildman–Crippen LogP) is 3.58. The number of nitrogens with one attached hydrogen (secondary N) is 1. The monoisotopic (exact) mass is 494 g/mol. The highest BCUT2D eigenvalue weighted by Crippen LogP contribution is 2.29. The van der Waals surface area contributed by atoms with E-state index in [-0.39, 0.29) is 12.4 Å². The Morgan fingerprint density at radius 3 is 2.49 bits per heavy atom. The number of carbonyl (C=O) groups excluding carboxylic acids is 1. The molecule has 0 saturated heterocycles. The molecule has 3 heterocycles. The van der Waals surface area contributed by atoms with Crippen LogP contribution in [0, 0.1) is 5.82 Å². The van der Waals surface area contributed by atoms with Gasteiger partial charge in [-0.15, -0.1) is 11.3 Å². The van der Waals surface area contributed by atoms with Gasteiger partial charge in [0.2, 0.25) is 0 Å². The van der Waals surface area contributed by atoms with E-state index in [0.29, 0.717) is 34.0 Å². The molecule has 0 fully saturated rings.